The Kier molecular flexibility index (Phi) is 5.19. The van der Waals surface area contributed by atoms with Gasteiger partial charge in [0.15, 0.2) is 0 Å². The standard InChI is InChI=1S/C18H17ClFN3O2/c19-13-10-12(7-8-14(13)20)22-17(24)11-21-15-4-1-2-5-16(15)23-9-3-6-18(23)25/h1-2,4-5,7-8,10,21H,3,6,9,11H2,(H,22,24). The fourth-order valence-electron chi connectivity index (χ4n) is 2.72. The summed E-state index contributed by atoms with van der Waals surface area (Å²) in [6.07, 6.45) is 1.37. The van der Waals surface area contributed by atoms with Crippen LogP contribution in [0.1, 0.15) is 12.8 Å². The first-order valence-electron chi connectivity index (χ1n) is 7.93. The second-order valence-corrected chi connectivity index (χ2v) is 6.10. The van der Waals surface area contributed by atoms with Crippen LogP contribution in [0.5, 0.6) is 0 Å². The normalized spacial score (nSPS) is 13.8. The molecule has 0 aliphatic carbocycles. The number of hydrogen-bond acceptors (Lipinski definition) is 3. The Morgan fingerprint density at radius 1 is 1.24 bits per heavy atom. The van der Waals surface area contributed by atoms with Gasteiger partial charge in [0.25, 0.3) is 0 Å². The fourth-order valence-corrected chi connectivity index (χ4v) is 2.90. The van der Waals surface area contributed by atoms with E-state index in [2.05, 4.69) is 10.6 Å². The Hall–Kier alpha value is -2.60. The number of carbonyl (C=O) groups is 2. The minimum absolute atomic E-state index is 0.00798. The van der Waals surface area contributed by atoms with E-state index in [4.69, 9.17) is 11.6 Å². The molecular weight excluding hydrogens is 345 g/mol. The van der Waals surface area contributed by atoms with Gasteiger partial charge in [0.1, 0.15) is 5.82 Å². The molecule has 0 unspecified atom stereocenters. The third-order valence-corrected chi connectivity index (χ3v) is 4.20. The third-order valence-electron chi connectivity index (χ3n) is 3.91. The van der Waals surface area contributed by atoms with Gasteiger partial charge < -0.3 is 15.5 Å². The maximum atomic E-state index is 13.1. The lowest BCUT2D eigenvalue weighted by molar-refractivity contribution is -0.117. The van der Waals surface area contributed by atoms with Crippen LogP contribution in [0, 0.1) is 5.82 Å². The van der Waals surface area contributed by atoms with E-state index in [1.54, 1.807) is 4.90 Å². The van der Waals surface area contributed by atoms with E-state index in [-0.39, 0.29) is 23.4 Å². The van der Waals surface area contributed by atoms with Crippen LogP contribution in [0.3, 0.4) is 0 Å². The molecule has 2 aromatic rings. The summed E-state index contributed by atoms with van der Waals surface area (Å²) in [7, 11) is 0. The molecule has 1 heterocycles. The van der Waals surface area contributed by atoms with E-state index in [1.165, 1.54) is 18.2 Å². The van der Waals surface area contributed by atoms with Gasteiger partial charge in [-0.25, -0.2) is 4.39 Å². The zero-order valence-electron chi connectivity index (χ0n) is 13.4. The second kappa shape index (κ2) is 7.53. The van der Waals surface area contributed by atoms with Crippen LogP contribution in [0.2, 0.25) is 5.02 Å². The van der Waals surface area contributed by atoms with E-state index in [0.29, 0.717) is 24.3 Å². The van der Waals surface area contributed by atoms with Gasteiger partial charge in [-0.2, -0.15) is 0 Å². The Labute approximate surface area is 149 Å². The average Bonchev–Trinajstić information content (AvgIpc) is 3.02. The van der Waals surface area contributed by atoms with Crippen molar-refractivity contribution < 1.29 is 14.0 Å². The summed E-state index contributed by atoms with van der Waals surface area (Å²) in [5, 5.41) is 5.64. The molecule has 0 saturated carbocycles. The summed E-state index contributed by atoms with van der Waals surface area (Å²) in [5.74, 6) is -0.758. The highest BCUT2D eigenvalue weighted by Crippen LogP contribution is 2.29. The molecule has 1 saturated heterocycles. The van der Waals surface area contributed by atoms with E-state index < -0.39 is 5.82 Å². The molecule has 0 spiro atoms. The van der Waals surface area contributed by atoms with E-state index in [0.717, 1.165) is 12.1 Å². The highest BCUT2D eigenvalue weighted by Gasteiger charge is 2.23. The third kappa shape index (κ3) is 4.09. The predicted molar refractivity (Wildman–Crippen MR) is 96.6 cm³/mol. The summed E-state index contributed by atoms with van der Waals surface area (Å²) < 4.78 is 13.1. The number of carbonyl (C=O) groups excluding carboxylic acids is 2. The molecule has 1 fully saturated rings. The minimum Gasteiger partial charge on any atom is -0.374 e. The largest absolute Gasteiger partial charge is 0.374 e. The SMILES string of the molecule is O=C(CNc1ccccc1N1CCCC1=O)Nc1ccc(F)c(Cl)c1. The first-order valence-corrected chi connectivity index (χ1v) is 8.30. The Morgan fingerprint density at radius 3 is 2.76 bits per heavy atom. The Morgan fingerprint density at radius 2 is 2.04 bits per heavy atom. The molecule has 0 radical (unpaired) electrons. The number of rotatable bonds is 5. The van der Waals surface area contributed by atoms with Gasteiger partial charge in [-0.3, -0.25) is 9.59 Å². The molecule has 2 amide bonds. The quantitative estimate of drug-likeness (QED) is 0.854. The van der Waals surface area contributed by atoms with E-state index in [9.17, 15) is 14.0 Å². The maximum Gasteiger partial charge on any atom is 0.243 e. The van der Waals surface area contributed by atoms with Crippen molar-refractivity contribution in [3.63, 3.8) is 0 Å². The number of hydrogen-bond donors (Lipinski definition) is 2. The van der Waals surface area contributed by atoms with Crippen molar-refractivity contribution in [3.8, 4) is 0 Å². The minimum atomic E-state index is -0.540. The fraction of sp³-hybridized carbons (Fsp3) is 0.222. The summed E-state index contributed by atoms with van der Waals surface area (Å²) in [6.45, 7) is 0.686. The van der Waals surface area contributed by atoms with Gasteiger partial charge in [-0.15, -0.1) is 0 Å². The van der Waals surface area contributed by atoms with E-state index >= 15 is 0 Å². The molecule has 5 nitrogen and oxygen atoms in total. The first-order chi connectivity index (χ1) is 12.0. The molecule has 130 valence electrons. The van der Waals surface area contributed by atoms with Gasteiger partial charge in [-0.05, 0) is 36.8 Å². The number of nitrogens with zero attached hydrogens (tertiary/aromatic N) is 1. The van der Waals surface area contributed by atoms with Gasteiger partial charge in [0.2, 0.25) is 11.8 Å². The number of benzene rings is 2. The summed E-state index contributed by atoms with van der Waals surface area (Å²) in [6, 6.07) is 11.4. The molecule has 7 heteroatoms. The molecule has 2 aromatic carbocycles. The molecule has 1 aliphatic heterocycles. The Balaban J connectivity index is 1.64. The van der Waals surface area contributed by atoms with Crippen molar-refractivity contribution in [2.75, 3.05) is 28.6 Å². The lowest BCUT2D eigenvalue weighted by Crippen LogP contribution is -2.26. The number of halogens is 2. The number of amides is 2. The molecule has 25 heavy (non-hydrogen) atoms. The molecule has 0 aromatic heterocycles. The lowest BCUT2D eigenvalue weighted by Gasteiger charge is -2.20. The van der Waals surface area contributed by atoms with Crippen molar-refractivity contribution in [3.05, 3.63) is 53.3 Å². The van der Waals surface area contributed by atoms with Crippen LogP contribution in [0.4, 0.5) is 21.5 Å². The molecule has 0 atom stereocenters. The number of para-hydroxylation sites is 2. The lowest BCUT2D eigenvalue weighted by atomic mass is 10.2. The summed E-state index contributed by atoms with van der Waals surface area (Å²) in [5.41, 5.74) is 1.90. The van der Waals surface area contributed by atoms with Gasteiger partial charge >= 0.3 is 0 Å². The van der Waals surface area contributed by atoms with E-state index in [1.807, 2.05) is 24.3 Å². The maximum absolute atomic E-state index is 13.1. The highest BCUT2D eigenvalue weighted by molar-refractivity contribution is 6.31. The molecule has 2 N–H and O–H groups in total. The van der Waals surface area contributed by atoms with Crippen molar-refractivity contribution in [2.45, 2.75) is 12.8 Å². The molecule has 3 rings (SSSR count). The summed E-state index contributed by atoms with van der Waals surface area (Å²) >= 11 is 5.70. The zero-order chi connectivity index (χ0) is 17.8. The zero-order valence-corrected chi connectivity index (χ0v) is 14.1. The van der Waals surface area contributed by atoms with Crippen molar-refractivity contribution in [1.29, 1.82) is 0 Å². The topological polar surface area (TPSA) is 61.4 Å². The monoisotopic (exact) mass is 361 g/mol. The molecular formula is C18H17ClFN3O2. The number of nitrogens with one attached hydrogen (secondary N) is 2. The Bertz CT molecular complexity index is 813. The second-order valence-electron chi connectivity index (χ2n) is 5.70. The van der Waals surface area contributed by atoms with Crippen molar-refractivity contribution in [2.24, 2.45) is 0 Å². The van der Waals surface area contributed by atoms with Crippen LogP contribution in [0.25, 0.3) is 0 Å². The smallest absolute Gasteiger partial charge is 0.243 e. The van der Waals surface area contributed by atoms with Crippen LogP contribution < -0.4 is 15.5 Å². The predicted octanol–water partition coefficient (Wildman–Crippen LogP) is 3.66. The van der Waals surface area contributed by atoms with Crippen LogP contribution in [0.15, 0.2) is 42.5 Å². The average molecular weight is 362 g/mol. The number of anilines is 3. The van der Waals surface area contributed by atoms with Gasteiger partial charge in [0, 0.05) is 18.7 Å². The van der Waals surface area contributed by atoms with Gasteiger partial charge in [0.05, 0.1) is 22.9 Å². The van der Waals surface area contributed by atoms with Crippen molar-refractivity contribution >= 4 is 40.5 Å². The molecule has 0 bridgehead atoms. The summed E-state index contributed by atoms with van der Waals surface area (Å²) in [4.78, 5) is 25.8. The van der Waals surface area contributed by atoms with Crippen LogP contribution >= 0.6 is 11.6 Å². The first kappa shape index (κ1) is 17.2. The van der Waals surface area contributed by atoms with Crippen LogP contribution in [-0.4, -0.2) is 24.9 Å². The van der Waals surface area contributed by atoms with Crippen molar-refractivity contribution in [1.82, 2.24) is 0 Å². The van der Waals surface area contributed by atoms with Gasteiger partial charge in [-0.1, -0.05) is 23.7 Å². The molecule has 1 aliphatic rings. The highest BCUT2D eigenvalue weighted by atomic mass is 35.5. The van der Waals surface area contributed by atoms with Crippen LogP contribution in [-0.2, 0) is 9.59 Å².